The lowest BCUT2D eigenvalue weighted by molar-refractivity contribution is -0.141. The van der Waals surface area contributed by atoms with Gasteiger partial charge < -0.3 is 14.6 Å². The van der Waals surface area contributed by atoms with E-state index in [0.29, 0.717) is 17.9 Å². The highest BCUT2D eigenvalue weighted by Gasteiger charge is 2.12. The van der Waals surface area contributed by atoms with Gasteiger partial charge in [0.15, 0.2) is 5.78 Å². The number of allylic oxidation sites excluding steroid dienone is 1. The summed E-state index contributed by atoms with van der Waals surface area (Å²) in [4.78, 5) is 23.2. The third kappa shape index (κ3) is 4.98. The molecule has 2 rings (SSSR count). The maximum Gasteiger partial charge on any atom is 0.373 e. The summed E-state index contributed by atoms with van der Waals surface area (Å²) in [6, 6.07) is 16.2. The molecule has 0 radical (unpaired) electrons. The predicted octanol–water partition coefficient (Wildman–Crippen LogP) is 3.45. The van der Waals surface area contributed by atoms with Crippen molar-refractivity contribution >= 4 is 11.8 Å². The number of aliphatic hydroxyl groups is 1. The van der Waals surface area contributed by atoms with Crippen molar-refractivity contribution in [3.8, 4) is 5.75 Å². The van der Waals surface area contributed by atoms with E-state index in [1.807, 2.05) is 30.3 Å². The summed E-state index contributed by atoms with van der Waals surface area (Å²) in [5.74, 6) is -1.51. The van der Waals surface area contributed by atoms with Crippen LogP contribution in [0.3, 0.4) is 0 Å². The number of ether oxygens (including phenoxy) is 2. The zero-order chi connectivity index (χ0) is 17.4. The molecule has 0 saturated heterocycles. The van der Waals surface area contributed by atoms with Crippen molar-refractivity contribution in [2.24, 2.45) is 0 Å². The number of hydrogen-bond acceptors (Lipinski definition) is 5. The molecule has 0 bridgehead atoms. The Hall–Kier alpha value is -3.08. The molecule has 0 aliphatic rings. The Kier molecular flexibility index (Phi) is 6.14. The first-order valence-electron chi connectivity index (χ1n) is 7.49. The van der Waals surface area contributed by atoms with Gasteiger partial charge in [0.1, 0.15) is 12.4 Å². The van der Waals surface area contributed by atoms with Gasteiger partial charge >= 0.3 is 5.97 Å². The van der Waals surface area contributed by atoms with Crippen molar-refractivity contribution in [3.63, 3.8) is 0 Å². The lowest BCUT2D eigenvalue weighted by atomic mass is 10.1. The van der Waals surface area contributed by atoms with E-state index in [-0.39, 0.29) is 6.61 Å². The van der Waals surface area contributed by atoms with E-state index >= 15 is 0 Å². The molecule has 0 amide bonds. The van der Waals surface area contributed by atoms with Crippen LogP contribution in [0.1, 0.15) is 22.8 Å². The number of hydrogen-bond donors (Lipinski definition) is 1. The number of aliphatic hydroxyl groups excluding tert-OH is 1. The van der Waals surface area contributed by atoms with Crippen LogP contribution in [-0.2, 0) is 16.1 Å². The Labute approximate surface area is 140 Å². The summed E-state index contributed by atoms with van der Waals surface area (Å²) >= 11 is 0. The molecule has 0 heterocycles. The second-order valence-electron chi connectivity index (χ2n) is 4.91. The van der Waals surface area contributed by atoms with Gasteiger partial charge in [0.2, 0.25) is 5.76 Å². The highest BCUT2D eigenvalue weighted by molar-refractivity contribution is 6.07. The normalized spacial score (nSPS) is 11.0. The van der Waals surface area contributed by atoms with E-state index in [9.17, 15) is 14.7 Å². The molecule has 0 aliphatic carbocycles. The quantitative estimate of drug-likeness (QED) is 0.365. The Morgan fingerprint density at radius 3 is 2.33 bits per heavy atom. The van der Waals surface area contributed by atoms with Gasteiger partial charge in [0, 0.05) is 11.6 Å². The molecule has 5 heteroatoms. The molecule has 0 spiro atoms. The largest absolute Gasteiger partial charge is 0.502 e. The van der Waals surface area contributed by atoms with Crippen molar-refractivity contribution in [3.05, 3.63) is 77.6 Å². The van der Waals surface area contributed by atoms with Gasteiger partial charge in [0.05, 0.1) is 6.61 Å². The van der Waals surface area contributed by atoms with Crippen LogP contribution < -0.4 is 4.74 Å². The summed E-state index contributed by atoms with van der Waals surface area (Å²) in [7, 11) is 0. The topological polar surface area (TPSA) is 72.8 Å². The number of rotatable bonds is 7. The molecule has 0 fully saturated rings. The van der Waals surface area contributed by atoms with Crippen LogP contribution in [0.5, 0.6) is 5.75 Å². The van der Waals surface area contributed by atoms with E-state index in [4.69, 9.17) is 4.74 Å². The average molecular weight is 326 g/mol. The molecule has 0 unspecified atom stereocenters. The van der Waals surface area contributed by atoms with Crippen molar-refractivity contribution in [1.82, 2.24) is 0 Å². The first kappa shape index (κ1) is 17.3. The first-order chi connectivity index (χ1) is 11.6. The Morgan fingerprint density at radius 1 is 1.04 bits per heavy atom. The minimum atomic E-state index is -0.923. The Balaban J connectivity index is 1.97. The van der Waals surface area contributed by atoms with Crippen molar-refractivity contribution in [2.45, 2.75) is 13.5 Å². The highest BCUT2D eigenvalue weighted by atomic mass is 16.5. The van der Waals surface area contributed by atoms with Crippen LogP contribution in [0.4, 0.5) is 0 Å². The first-order valence-corrected chi connectivity index (χ1v) is 7.49. The maximum atomic E-state index is 12.0. The number of benzene rings is 2. The van der Waals surface area contributed by atoms with Crippen molar-refractivity contribution in [2.75, 3.05) is 6.61 Å². The van der Waals surface area contributed by atoms with Crippen LogP contribution in [-0.4, -0.2) is 23.5 Å². The van der Waals surface area contributed by atoms with Gasteiger partial charge in [-0.1, -0.05) is 30.3 Å². The summed E-state index contributed by atoms with van der Waals surface area (Å²) in [6.07, 6.45) is 0.845. The summed E-state index contributed by atoms with van der Waals surface area (Å²) < 4.78 is 10.2. The van der Waals surface area contributed by atoms with Crippen molar-refractivity contribution < 1.29 is 24.2 Å². The lowest BCUT2D eigenvalue weighted by Gasteiger charge is -2.06. The molecule has 5 nitrogen and oxygen atoms in total. The molecule has 0 saturated carbocycles. The van der Waals surface area contributed by atoms with Gasteiger partial charge in [-0.05, 0) is 36.8 Å². The smallest absolute Gasteiger partial charge is 0.373 e. The number of esters is 1. The second-order valence-corrected chi connectivity index (χ2v) is 4.91. The molecule has 2 aromatic rings. The van der Waals surface area contributed by atoms with Crippen LogP contribution in [0.15, 0.2) is 66.4 Å². The average Bonchev–Trinajstić information content (AvgIpc) is 2.61. The minimum absolute atomic E-state index is 0.123. The minimum Gasteiger partial charge on any atom is -0.502 e. The highest BCUT2D eigenvalue weighted by Crippen LogP contribution is 2.15. The van der Waals surface area contributed by atoms with Crippen LogP contribution >= 0.6 is 0 Å². The van der Waals surface area contributed by atoms with Gasteiger partial charge in [-0.15, -0.1) is 0 Å². The summed E-state index contributed by atoms with van der Waals surface area (Å²) in [5, 5.41) is 9.49. The third-order valence-corrected chi connectivity index (χ3v) is 3.14. The molecular weight excluding hydrogens is 308 g/mol. The lowest BCUT2D eigenvalue weighted by Crippen LogP contribution is -2.09. The maximum absolute atomic E-state index is 12.0. The summed E-state index contributed by atoms with van der Waals surface area (Å²) in [6.45, 7) is 2.16. The fraction of sp³-hybridized carbons (Fsp3) is 0.158. The van der Waals surface area contributed by atoms with Gasteiger partial charge in [-0.25, -0.2) is 4.79 Å². The van der Waals surface area contributed by atoms with Crippen LogP contribution in [0.25, 0.3) is 0 Å². The number of carbonyl (C=O) groups is 2. The van der Waals surface area contributed by atoms with Gasteiger partial charge in [0.25, 0.3) is 0 Å². The zero-order valence-electron chi connectivity index (χ0n) is 13.3. The van der Waals surface area contributed by atoms with Crippen LogP contribution in [0, 0.1) is 0 Å². The third-order valence-electron chi connectivity index (χ3n) is 3.14. The fourth-order valence-electron chi connectivity index (χ4n) is 1.93. The standard InChI is InChI=1S/C19H18O5/c1-2-23-19(22)18(21)12-17(20)15-8-10-16(11-9-15)24-13-14-6-4-3-5-7-14/h3-12,21H,2,13H2,1H3. The SMILES string of the molecule is CCOC(=O)C(O)=CC(=O)c1ccc(OCc2ccccc2)cc1. The second kappa shape index (κ2) is 8.53. The van der Waals surface area contributed by atoms with Crippen molar-refractivity contribution in [1.29, 1.82) is 0 Å². The molecule has 0 aliphatic heterocycles. The van der Waals surface area contributed by atoms with E-state index in [0.717, 1.165) is 11.6 Å². The van der Waals surface area contributed by atoms with Gasteiger partial charge in [-0.2, -0.15) is 0 Å². The molecule has 1 N–H and O–H groups in total. The summed E-state index contributed by atoms with van der Waals surface area (Å²) in [5.41, 5.74) is 1.37. The number of carbonyl (C=O) groups excluding carboxylic acids is 2. The molecular formula is C19H18O5. The fourth-order valence-corrected chi connectivity index (χ4v) is 1.93. The molecule has 2 aromatic carbocycles. The van der Waals surface area contributed by atoms with E-state index < -0.39 is 17.5 Å². The van der Waals surface area contributed by atoms with Crippen LogP contribution in [0.2, 0.25) is 0 Å². The molecule has 0 aromatic heterocycles. The predicted molar refractivity (Wildman–Crippen MR) is 88.9 cm³/mol. The monoisotopic (exact) mass is 326 g/mol. The Bertz CT molecular complexity index is 717. The van der Waals surface area contributed by atoms with E-state index in [2.05, 4.69) is 4.74 Å². The van der Waals surface area contributed by atoms with E-state index in [1.165, 1.54) is 0 Å². The molecule has 0 atom stereocenters. The molecule has 24 heavy (non-hydrogen) atoms. The Morgan fingerprint density at radius 2 is 1.71 bits per heavy atom. The molecule has 124 valence electrons. The number of ketones is 1. The van der Waals surface area contributed by atoms with Gasteiger partial charge in [-0.3, -0.25) is 4.79 Å². The zero-order valence-corrected chi connectivity index (χ0v) is 13.3. The van der Waals surface area contributed by atoms with E-state index in [1.54, 1.807) is 31.2 Å².